The molecule has 0 saturated heterocycles. The van der Waals surface area contributed by atoms with Gasteiger partial charge in [0.1, 0.15) is 6.54 Å². The first-order valence-corrected chi connectivity index (χ1v) is 6.83. The predicted octanol–water partition coefficient (Wildman–Crippen LogP) is 2.01. The molecule has 0 unspecified atom stereocenters. The molecule has 0 aliphatic carbocycles. The van der Waals surface area contributed by atoms with Crippen molar-refractivity contribution in [2.45, 2.75) is 13.1 Å². The molecule has 2 rings (SSSR count). The van der Waals surface area contributed by atoms with Gasteiger partial charge in [-0.05, 0) is 19.1 Å². The molecule has 1 aromatic carbocycles. The molecule has 0 atom stereocenters. The number of halogens is 3. The van der Waals surface area contributed by atoms with Gasteiger partial charge >= 0.3 is 6.18 Å². The summed E-state index contributed by atoms with van der Waals surface area (Å²) in [5.74, 6) is -0.618. The SMILES string of the molecule is CCN1CCN(CC(=O)NCC(F)(F)F)c2ccccc21. The van der Waals surface area contributed by atoms with Crippen molar-refractivity contribution in [1.82, 2.24) is 5.32 Å². The average molecular weight is 301 g/mol. The van der Waals surface area contributed by atoms with Crippen LogP contribution in [0.4, 0.5) is 24.5 Å². The van der Waals surface area contributed by atoms with Crippen molar-refractivity contribution in [3.8, 4) is 0 Å². The second kappa shape index (κ2) is 6.24. The molecule has 21 heavy (non-hydrogen) atoms. The van der Waals surface area contributed by atoms with Gasteiger partial charge in [-0.2, -0.15) is 13.2 Å². The molecule has 1 aliphatic rings. The van der Waals surface area contributed by atoms with Gasteiger partial charge in [0.05, 0.1) is 17.9 Å². The number of benzene rings is 1. The second-order valence-corrected chi connectivity index (χ2v) is 4.88. The van der Waals surface area contributed by atoms with Crippen LogP contribution in [0.25, 0.3) is 0 Å². The summed E-state index contributed by atoms with van der Waals surface area (Å²) in [6.07, 6.45) is -4.38. The molecule has 0 bridgehead atoms. The average Bonchev–Trinajstić information content (AvgIpc) is 2.45. The molecule has 0 aromatic heterocycles. The van der Waals surface area contributed by atoms with E-state index in [2.05, 4.69) is 4.90 Å². The van der Waals surface area contributed by atoms with Crippen LogP contribution in [0.1, 0.15) is 6.92 Å². The number of fused-ring (bicyclic) bond motifs is 1. The number of rotatable bonds is 4. The van der Waals surface area contributed by atoms with Crippen molar-refractivity contribution in [3.05, 3.63) is 24.3 Å². The van der Waals surface area contributed by atoms with Crippen LogP contribution in [0.3, 0.4) is 0 Å². The van der Waals surface area contributed by atoms with Crippen LogP contribution >= 0.6 is 0 Å². The van der Waals surface area contributed by atoms with Gasteiger partial charge in [0, 0.05) is 19.6 Å². The smallest absolute Gasteiger partial charge is 0.368 e. The molecular weight excluding hydrogens is 283 g/mol. The minimum Gasteiger partial charge on any atom is -0.368 e. The molecule has 4 nitrogen and oxygen atoms in total. The number of carbonyl (C=O) groups excluding carboxylic acids is 1. The Balaban J connectivity index is 2.03. The Kier molecular flexibility index (Phi) is 4.59. The molecule has 1 aromatic rings. The van der Waals surface area contributed by atoms with Gasteiger partial charge in [-0.25, -0.2) is 0 Å². The number of hydrogen-bond acceptors (Lipinski definition) is 3. The normalized spacial score (nSPS) is 14.9. The lowest BCUT2D eigenvalue weighted by Gasteiger charge is -2.38. The van der Waals surface area contributed by atoms with E-state index in [0.29, 0.717) is 6.54 Å². The first-order chi connectivity index (χ1) is 9.90. The highest BCUT2D eigenvalue weighted by Gasteiger charge is 2.28. The summed E-state index contributed by atoms with van der Waals surface area (Å²) >= 11 is 0. The predicted molar refractivity (Wildman–Crippen MR) is 75.6 cm³/mol. The molecule has 1 heterocycles. The van der Waals surface area contributed by atoms with Gasteiger partial charge in [-0.1, -0.05) is 12.1 Å². The van der Waals surface area contributed by atoms with Crippen LogP contribution in [0.5, 0.6) is 0 Å². The van der Waals surface area contributed by atoms with Gasteiger partial charge in [0.15, 0.2) is 0 Å². The van der Waals surface area contributed by atoms with Crippen LogP contribution in [0.15, 0.2) is 24.3 Å². The standard InChI is InChI=1S/C14H18F3N3O/c1-2-19-7-8-20(12-6-4-3-5-11(12)19)9-13(21)18-10-14(15,16)17/h3-6H,2,7-10H2,1H3,(H,18,21). The highest BCUT2D eigenvalue weighted by Crippen LogP contribution is 2.32. The first kappa shape index (κ1) is 15.5. The highest BCUT2D eigenvalue weighted by molar-refractivity contribution is 5.84. The molecule has 0 spiro atoms. The lowest BCUT2D eigenvalue weighted by Crippen LogP contribution is -2.46. The Morgan fingerprint density at radius 2 is 1.76 bits per heavy atom. The van der Waals surface area contributed by atoms with E-state index in [1.54, 1.807) is 0 Å². The number of nitrogens with one attached hydrogen (secondary N) is 1. The second-order valence-electron chi connectivity index (χ2n) is 4.88. The van der Waals surface area contributed by atoms with Gasteiger partial charge < -0.3 is 15.1 Å². The quantitative estimate of drug-likeness (QED) is 0.924. The Hall–Kier alpha value is -1.92. The number of alkyl halides is 3. The molecule has 7 heteroatoms. The van der Waals surface area contributed by atoms with Gasteiger partial charge in [0.2, 0.25) is 5.91 Å². The van der Waals surface area contributed by atoms with Crippen LogP contribution in [0.2, 0.25) is 0 Å². The summed E-state index contributed by atoms with van der Waals surface area (Å²) in [7, 11) is 0. The van der Waals surface area contributed by atoms with Crippen LogP contribution in [-0.4, -0.2) is 44.8 Å². The molecular formula is C14H18F3N3O. The number of carbonyl (C=O) groups is 1. The number of anilines is 2. The summed E-state index contributed by atoms with van der Waals surface area (Å²) in [5, 5.41) is 1.91. The van der Waals surface area contributed by atoms with E-state index in [0.717, 1.165) is 24.5 Å². The van der Waals surface area contributed by atoms with E-state index in [-0.39, 0.29) is 6.54 Å². The minimum absolute atomic E-state index is 0.0648. The lowest BCUT2D eigenvalue weighted by molar-refractivity contribution is -0.137. The van der Waals surface area contributed by atoms with Crippen molar-refractivity contribution in [2.75, 3.05) is 42.5 Å². The Bertz CT molecular complexity index is 504. The molecule has 0 saturated carbocycles. The molecule has 0 radical (unpaired) electrons. The van der Waals surface area contributed by atoms with Crippen LogP contribution < -0.4 is 15.1 Å². The zero-order valence-corrected chi connectivity index (χ0v) is 11.8. The van der Waals surface area contributed by atoms with Crippen molar-refractivity contribution < 1.29 is 18.0 Å². The summed E-state index contributed by atoms with van der Waals surface area (Å²) < 4.78 is 36.3. The van der Waals surface area contributed by atoms with E-state index in [4.69, 9.17) is 0 Å². The van der Waals surface area contributed by atoms with E-state index in [9.17, 15) is 18.0 Å². The van der Waals surface area contributed by atoms with Gasteiger partial charge in [-0.15, -0.1) is 0 Å². The van der Waals surface area contributed by atoms with E-state index < -0.39 is 18.6 Å². The summed E-state index contributed by atoms with van der Waals surface area (Å²) in [6.45, 7) is 2.91. The monoisotopic (exact) mass is 301 g/mol. The Labute approximate surface area is 121 Å². The fourth-order valence-corrected chi connectivity index (χ4v) is 2.40. The van der Waals surface area contributed by atoms with Crippen LogP contribution in [-0.2, 0) is 4.79 Å². The molecule has 0 fully saturated rings. The number of hydrogen-bond donors (Lipinski definition) is 1. The first-order valence-electron chi connectivity index (χ1n) is 6.83. The highest BCUT2D eigenvalue weighted by atomic mass is 19.4. The summed E-state index contributed by atoms with van der Waals surface area (Å²) in [4.78, 5) is 15.6. The third kappa shape index (κ3) is 4.03. The number of para-hydroxylation sites is 2. The largest absolute Gasteiger partial charge is 0.405 e. The molecule has 1 amide bonds. The summed E-state index contributed by atoms with van der Waals surface area (Å²) in [6, 6.07) is 7.61. The van der Waals surface area contributed by atoms with Crippen molar-refractivity contribution in [3.63, 3.8) is 0 Å². The maximum atomic E-state index is 12.1. The topological polar surface area (TPSA) is 35.6 Å². The third-order valence-corrected chi connectivity index (χ3v) is 3.41. The molecule has 1 N–H and O–H groups in total. The number of likely N-dealkylation sites (N-methyl/N-ethyl adjacent to an activating group) is 1. The Morgan fingerprint density at radius 3 is 2.33 bits per heavy atom. The van der Waals surface area contributed by atoms with Crippen molar-refractivity contribution >= 4 is 17.3 Å². The van der Waals surface area contributed by atoms with Gasteiger partial charge in [-0.3, -0.25) is 4.79 Å². The van der Waals surface area contributed by atoms with E-state index in [1.807, 2.05) is 41.4 Å². The zero-order chi connectivity index (χ0) is 15.5. The van der Waals surface area contributed by atoms with Crippen LogP contribution in [0, 0.1) is 0 Å². The van der Waals surface area contributed by atoms with Crippen molar-refractivity contribution in [1.29, 1.82) is 0 Å². The molecule has 116 valence electrons. The maximum Gasteiger partial charge on any atom is 0.405 e. The van der Waals surface area contributed by atoms with E-state index in [1.165, 1.54) is 0 Å². The zero-order valence-electron chi connectivity index (χ0n) is 11.8. The minimum atomic E-state index is -4.38. The fraction of sp³-hybridized carbons (Fsp3) is 0.500. The maximum absolute atomic E-state index is 12.1. The fourth-order valence-electron chi connectivity index (χ4n) is 2.40. The summed E-state index contributed by atoms with van der Waals surface area (Å²) in [5.41, 5.74) is 1.89. The van der Waals surface area contributed by atoms with Crippen molar-refractivity contribution in [2.24, 2.45) is 0 Å². The van der Waals surface area contributed by atoms with E-state index >= 15 is 0 Å². The lowest BCUT2D eigenvalue weighted by atomic mass is 10.1. The third-order valence-electron chi connectivity index (χ3n) is 3.41. The number of nitrogens with zero attached hydrogens (tertiary/aromatic N) is 2. The number of amides is 1. The van der Waals surface area contributed by atoms with Gasteiger partial charge in [0.25, 0.3) is 0 Å². The molecule has 1 aliphatic heterocycles. The Morgan fingerprint density at radius 1 is 1.19 bits per heavy atom.